The second-order valence-electron chi connectivity index (χ2n) is 6.63. The molecule has 1 saturated heterocycles. The van der Waals surface area contributed by atoms with Crippen LogP contribution in [-0.4, -0.2) is 53.5 Å². The van der Waals surface area contributed by atoms with Gasteiger partial charge in [-0.1, -0.05) is 25.3 Å². The van der Waals surface area contributed by atoms with Gasteiger partial charge >= 0.3 is 0 Å². The Hall–Kier alpha value is -0.930. The van der Waals surface area contributed by atoms with Crippen LogP contribution in [0, 0.1) is 0 Å². The Kier molecular flexibility index (Phi) is 5.64. The Morgan fingerprint density at radius 2 is 1.86 bits per heavy atom. The second-order valence-corrected chi connectivity index (χ2v) is 6.63. The lowest BCUT2D eigenvalue weighted by molar-refractivity contribution is 0.0785. The highest BCUT2D eigenvalue weighted by molar-refractivity contribution is 5.08. The molecule has 21 heavy (non-hydrogen) atoms. The molecule has 1 saturated carbocycles. The molecular formula is C18H29N3. The Balaban J connectivity index is 1.34. The lowest BCUT2D eigenvalue weighted by Crippen LogP contribution is -2.50. The maximum absolute atomic E-state index is 4.19. The molecule has 2 aliphatic rings. The van der Waals surface area contributed by atoms with Gasteiger partial charge in [-0.05, 0) is 43.9 Å². The van der Waals surface area contributed by atoms with Crippen LogP contribution in [-0.2, 0) is 6.42 Å². The van der Waals surface area contributed by atoms with Crippen LogP contribution in [0.2, 0.25) is 0 Å². The predicted octanol–water partition coefficient (Wildman–Crippen LogP) is 2.96. The number of aromatic nitrogens is 1. The molecule has 3 rings (SSSR count). The molecule has 0 unspecified atom stereocenters. The fourth-order valence-electron chi connectivity index (χ4n) is 3.85. The van der Waals surface area contributed by atoms with Gasteiger partial charge in [0.2, 0.25) is 0 Å². The molecule has 1 aromatic rings. The van der Waals surface area contributed by atoms with Crippen LogP contribution in [0.3, 0.4) is 0 Å². The van der Waals surface area contributed by atoms with Crippen molar-refractivity contribution in [3.05, 3.63) is 30.1 Å². The van der Waals surface area contributed by atoms with Gasteiger partial charge in [-0.2, -0.15) is 0 Å². The largest absolute Gasteiger partial charge is 0.301 e. The highest BCUT2D eigenvalue weighted by Gasteiger charge is 2.24. The van der Waals surface area contributed by atoms with Crippen molar-refractivity contribution >= 4 is 0 Å². The van der Waals surface area contributed by atoms with Crippen molar-refractivity contribution in [2.45, 2.75) is 51.0 Å². The zero-order chi connectivity index (χ0) is 14.3. The molecular weight excluding hydrogens is 258 g/mol. The van der Waals surface area contributed by atoms with E-state index in [4.69, 9.17) is 0 Å². The molecule has 3 nitrogen and oxygen atoms in total. The quantitative estimate of drug-likeness (QED) is 0.830. The van der Waals surface area contributed by atoms with E-state index in [-0.39, 0.29) is 0 Å². The van der Waals surface area contributed by atoms with Crippen molar-refractivity contribution in [1.82, 2.24) is 14.8 Å². The third kappa shape index (κ3) is 4.52. The zero-order valence-corrected chi connectivity index (χ0v) is 13.2. The molecule has 1 aliphatic carbocycles. The van der Waals surface area contributed by atoms with Gasteiger partial charge in [0.05, 0.1) is 0 Å². The van der Waals surface area contributed by atoms with Gasteiger partial charge in [0.25, 0.3) is 0 Å². The Morgan fingerprint density at radius 1 is 1.05 bits per heavy atom. The minimum atomic E-state index is 0.899. The number of hydrogen-bond donors (Lipinski definition) is 0. The van der Waals surface area contributed by atoms with E-state index in [1.165, 1.54) is 76.8 Å². The lowest BCUT2D eigenvalue weighted by Gasteiger charge is -2.40. The SMILES string of the molecule is c1cncc(CCCN2CCN(C3CCCCC3)CC2)c1. The second kappa shape index (κ2) is 7.90. The highest BCUT2D eigenvalue weighted by atomic mass is 15.3. The molecule has 116 valence electrons. The van der Waals surface area contributed by atoms with E-state index in [0.717, 1.165) is 12.5 Å². The first-order valence-electron chi connectivity index (χ1n) is 8.77. The van der Waals surface area contributed by atoms with Gasteiger partial charge in [0, 0.05) is 44.6 Å². The van der Waals surface area contributed by atoms with E-state index in [1.807, 2.05) is 18.5 Å². The third-order valence-electron chi connectivity index (χ3n) is 5.16. The number of nitrogens with zero attached hydrogens (tertiary/aromatic N) is 3. The normalized spacial score (nSPS) is 22.5. The summed E-state index contributed by atoms with van der Waals surface area (Å²) in [7, 11) is 0. The van der Waals surface area contributed by atoms with Crippen molar-refractivity contribution in [2.24, 2.45) is 0 Å². The van der Waals surface area contributed by atoms with Crippen molar-refractivity contribution in [3.63, 3.8) is 0 Å². The molecule has 1 aliphatic heterocycles. The molecule has 3 heteroatoms. The van der Waals surface area contributed by atoms with Gasteiger partial charge in [-0.3, -0.25) is 9.88 Å². The number of aryl methyl sites for hydroxylation is 1. The van der Waals surface area contributed by atoms with Gasteiger partial charge < -0.3 is 4.90 Å². The third-order valence-corrected chi connectivity index (χ3v) is 5.16. The van der Waals surface area contributed by atoms with Crippen LogP contribution >= 0.6 is 0 Å². The monoisotopic (exact) mass is 287 g/mol. The predicted molar refractivity (Wildman–Crippen MR) is 87.4 cm³/mol. The van der Waals surface area contributed by atoms with E-state index in [9.17, 15) is 0 Å². The molecule has 1 aromatic heterocycles. The number of pyridine rings is 1. The van der Waals surface area contributed by atoms with E-state index in [0.29, 0.717) is 0 Å². The Morgan fingerprint density at radius 3 is 2.57 bits per heavy atom. The molecule has 0 radical (unpaired) electrons. The van der Waals surface area contributed by atoms with Gasteiger partial charge in [-0.25, -0.2) is 0 Å². The van der Waals surface area contributed by atoms with Crippen molar-refractivity contribution in [2.75, 3.05) is 32.7 Å². The molecule has 0 atom stereocenters. The van der Waals surface area contributed by atoms with Gasteiger partial charge in [0.1, 0.15) is 0 Å². The summed E-state index contributed by atoms with van der Waals surface area (Å²) in [5, 5.41) is 0. The minimum Gasteiger partial charge on any atom is -0.301 e. The molecule has 0 N–H and O–H groups in total. The van der Waals surface area contributed by atoms with Crippen LogP contribution in [0.15, 0.2) is 24.5 Å². The van der Waals surface area contributed by atoms with Gasteiger partial charge in [0.15, 0.2) is 0 Å². The Labute approximate surface area is 129 Å². The summed E-state index contributed by atoms with van der Waals surface area (Å²) in [4.78, 5) is 9.60. The average Bonchev–Trinajstić information content (AvgIpc) is 2.57. The van der Waals surface area contributed by atoms with Crippen molar-refractivity contribution < 1.29 is 0 Å². The standard InChI is InChI=1S/C18H29N3/c1-2-8-18(9-3-1)21-14-12-20(13-15-21)11-5-7-17-6-4-10-19-16-17/h4,6,10,16,18H,1-3,5,7-9,11-15H2. The van der Waals surface area contributed by atoms with Crippen LogP contribution in [0.4, 0.5) is 0 Å². The lowest BCUT2D eigenvalue weighted by atomic mass is 9.94. The maximum Gasteiger partial charge on any atom is 0.0299 e. The summed E-state index contributed by atoms with van der Waals surface area (Å²) < 4.78 is 0. The van der Waals surface area contributed by atoms with E-state index in [2.05, 4.69) is 20.9 Å². The topological polar surface area (TPSA) is 19.4 Å². The summed E-state index contributed by atoms with van der Waals surface area (Å²) in [6.07, 6.45) is 13.5. The van der Waals surface area contributed by atoms with E-state index in [1.54, 1.807) is 0 Å². The molecule has 0 aromatic carbocycles. The molecule has 0 spiro atoms. The van der Waals surface area contributed by atoms with E-state index >= 15 is 0 Å². The molecule has 2 heterocycles. The summed E-state index contributed by atoms with van der Waals surface area (Å²) in [5.41, 5.74) is 1.37. The van der Waals surface area contributed by atoms with Crippen molar-refractivity contribution in [3.8, 4) is 0 Å². The average molecular weight is 287 g/mol. The summed E-state index contributed by atoms with van der Waals surface area (Å²) in [5.74, 6) is 0. The fourth-order valence-corrected chi connectivity index (χ4v) is 3.85. The molecule has 0 bridgehead atoms. The first-order valence-corrected chi connectivity index (χ1v) is 8.77. The number of piperazine rings is 1. The maximum atomic E-state index is 4.19. The zero-order valence-electron chi connectivity index (χ0n) is 13.2. The van der Waals surface area contributed by atoms with Crippen LogP contribution in [0.25, 0.3) is 0 Å². The summed E-state index contributed by atoms with van der Waals surface area (Å²) >= 11 is 0. The first-order chi connectivity index (χ1) is 10.4. The summed E-state index contributed by atoms with van der Waals surface area (Å²) in [6, 6.07) is 5.13. The fraction of sp³-hybridized carbons (Fsp3) is 0.722. The van der Waals surface area contributed by atoms with Crippen LogP contribution < -0.4 is 0 Å². The molecule has 0 amide bonds. The highest BCUT2D eigenvalue weighted by Crippen LogP contribution is 2.23. The van der Waals surface area contributed by atoms with E-state index < -0.39 is 0 Å². The van der Waals surface area contributed by atoms with Gasteiger partial charge in [-0.15, -0.1) is 0 Å². The minimum absolute atomic E-state index is 0.899. The number of rotatable bonds is 5. The molecule has 2 fully saturated rings. The first kappa shape index (κ1) is 15.0. The van der Waals surface area contributed by atoms with Crippen LogP contribution in [0.1, 0.15) is 44.1 Å². The van der Waals surface area contributed by atoms with Crippen LogP contribution in [0.5, 0.6) is 0 Å². The summed E-state index contributed by atoms with van der Waals surface area (Å²) in [6.45, 7) is 6.36. The smallest absolute Gasteiger partial charge is 0.0299 e. The number of hydrogen-bond acceptors (Lipinski definition) is 3. The van der Waals surface area contributed by atoms with Crippen molar-refractivity contribution in [1.29, 1.82) is 0 Å². The Bertz CT molecular complexity index is 392.